The third-order valence-electron chi connectivity index (χ3n) is 3.42. The summed E-state index contributed by atoms with van der Waals surface area (Å²) in [5.74, 6) is 1.76. The number of ether oxygens (including phenoxy) is 4. The number of hydrogen-bond donors (Lipinski definition) is 1. The van der Waals surface area contributed by atoms with Gasteiger partial charge in [-0.3, -0.25) is 0 Å². The molecule has 1 unspecified atom stereocenters. The molecule has 1 aromatic carbocycles. The summed E-state index contributed by atoms with van der Waals surface area (Å²) in [6.07, 6.45) is 1.64. The molecular formula is C16H27NO4. The van der Waals surface area contributed by atoms with Crippen molar-refractivity contribution in [3.63, 3.8) is 0 Å². The minimum absolute atomic E-state index is 0.303. The first kappa shape index (κ1) is 17.8. The Morgan fingerprint density at radius 3 is 2.24 bits per heavy atom. The fourth-order valence-electron chi connectivity index (χ4n) is 2.14. The normalized spacial score (nSPS) is 12.2. The molecule has 1 rings (SSSR count). The Hall–Kier alpha value is -1.30. The van der Waals surface area contributed by atoms with Crippen LogP contribution < -0.4 is 14.8 Å². The van der Waals surface area contributed by atoms with Crippen LogP contribution in [-0.4, -0.2) is 47.8 Å². The lowest BCUT2D eigenvalue weighted by Gasteiger charge is -2.17. The van der Waals surface area contributed by atoms with Crippen LogP contribution in [0.5, 0.6) is 11.5 Å². The van der Waals surface area contributed by atoms with Crippen molar-refractivity contribution in [1.82, 2.24) is 5.32 Å². The standard InChI is InChI=1S/C16H27NO4/c1-12(17-2)8-14-10-15(19-4)13(9-16(14)20-5)6-7-21-11-18-3/h9-10,12,17H,6-8,11H2,1-5H3. The maximum atomic E-state index is 5.51. The summed E-state index contributed by atoms with van der Waals surface area (Å²) in [7, 11) is 6.95. The monoisotopic (exact) mass is 297 g/mol. The smallest absolute Gasteiger partial charge is 0.146 e. The van der Waals surface area contributed by atoms with Gasteiger partial charge in [-0.1, -0.05) is 0 Å². The van der Waals surface area contributed by atoms with Gasteiger partial charge in [0.1, 0.15) is 18.3 Å². The molecule has 0 spiro atoms. The van der Waals surface area contributed by atoms with Crippen LogP contribution in [0.4, 0.5) is 0 Å². The molecule has 0 saturated carbocycles. The van der Waals surface area contributed by atoms with Gasteiger partial charge in [0, 0.05) is 18.7 Å². The second-order valence-corrected chi connectivity index (χ2v) is 4.93. The zero-order valence-electron chi connectivity index (χ0n) is 13.7. The van der Waals surface area contributed by atoms with Crippen LogP contribution in [0.1, 0.15) is 18.1 Å². The van der Waals surface area contributed by atoms with Crippen LogP contribution in [0.3, 0.4) is 0 Å². The van der Waals surface area contributed by atoms with E-state index < -0.39 is 0 Å². The van der Waals surface area contributed by atoms with Crippen LogP contribution >= 0.6 is 0 Å². The lowest BCUT2D eigenvalue weighted by atomic mass is 10.0. The Morgan fingerprint density at radius 1 is 1.05 bits per heavy atom. The highest BCUT2D eigenvalue weighted by Gasteiger charge is 2.13. The van der Waals surface area contributed by atoms with Crippen molar-refractivity contribution in [2.24, 2.45) is 0 Å². The predicted octanol–water partition coefficient (Wildman–Crippen LogP) is 2.02. The third-order valence-corrected chi connectivity index (χ3v) is 3.42. The van der Waals surface area contributed by atoms with Crippen LogP contribution in [0.2, 0.25) is 0 Å². The number of nitrogens with one attached hydrogen (secondary N) is 1. The molecule has 0 aromatic heterocycles. The fraction of sp³-hybridized carbons (Fsp3) is 0.625. The Labute approximate surface area is 127 Å². The van der Waals surface area contributed by atoms with Gasteiger partial charge in [-0.05, 0) is 44.5 Å². The molecule has 1 atom stereocenters. The van der Waals surface area contributed by atoms with Crippen molar-refractivity contribution in [2.75, 3.05) is 41.8 Å². The van der Waals surface area contributed by atoms with E-state index in [9.17, 15) is 0 Å². The van der Waals surface area contributed by atoms with Gasteiger partial charge in [0.25, 0.3) is 0 Å². The average Bonchev–Trinajstić information content (AvgIpc) is 2.51. The summed E-state index contributed by atoms with van der Waals surface area (Å²) in [5.41, 5.74) is 2.21. The molecule has 0 fully saturated rings. The van der Waals surface area contributed by atoms with Crippen LogP contribution in [0, 0.1) is 0 Å². The SMILES string of the molecule is CNC(C)Cc1cc(OC)c(CCOCOC)cc1OC. The zero-order chi connectivity index (χ0) is 15.7. The van der Waals surface area contributed by atoms with E-state index in [1.807, 2.05) is 13.1 Å². The Morgan fingerprint density at radius 2 is 1.67 bits per heavy atom. The average molecular weight is 297 g/mol. The molecule has 5 nitrogen and oxygen atoms in total. The van der Waals surface area contributed by atoms with Crippen molar-refractivity contribution < 1.29 is 18.9 Å². The maximum absolute atomic E-state index is 5.51. The summed E-state index contributed by atoms with van der Waals surface area (Å²) in [4.78, 5) is 0. The number of hydrogen-bond acceptors (Lipinski definition) is 5. The van der Waals surface area contributed by atoms with E-state index in [0.717, 1.165) is 35.5 Å². The molecule has 21 heavy (non-hydrogen) atoms. The highest BCUT2D eigenvalue weighted by atomic mass is 16.7. The molecule has 120 valence electrons. The quantitative estimate of drug-likeness (QED) is 0.529. The number of methoxy groups -OCH3 is 3. The number of likely N-dealkylation sites (N-methyl/N-ethyl adjacent to an activating group) is 1. The Kier molecular flexibility index (Phi) is 8.12. The van der Waals surface area contributed by atoms with Gasteiger partial charge >= 0.3 is 0 Å². The van der Waals surface area contributed by atoms with Gasteiger partial charge in [-0.25, -0.2) is 0 Å². The second-order valence-electron chi connectivity index (χ2n) is 4.93. The van der Waals surface area contributed by atoms with Crippen molar-refractivity contribution in [2.45, 2.75) is 25.8 Å². The molecule has 0 bridgehead atoms. The summed E-state index contributed by atoms with van der Waals surface area (Å²) in [6, 6.07) is 4.46. The fourth-order valence-corrected chi connectivity index (χ4v) is 2.14. The molecule has 0 radical (unpaired) electrons. The third kappa shape index (κ3) is 5.53. The van der Waals surface area contributed by atoms with E-state index in [-0.39, 0.29) is 0 Å². The number of rotatable bonds is 10. The van der Waals surface area contributed by atoms with E-state index in [1.54, 1.807) is 21.3 Å². The molecule has 0 aliphatic carbocycles. The molecule has 5 heteroatoms. The first-order chi connectivity index (χ1) is 10.2. The van der Waals surface area contributed by atoms with Gasteiger partial charge in [-0.15, -0.1) is 0 Å². The van der Waals surface area contributed by atoms with Gasteiger partial charge in [0.05, 0.1) is 20.8 Å². The van der Waals surface area contributed by atoms with E-state index in [2.05, 4.69) is 18.3 Å². The van der Waals surface area contributed by atoms with E-state index >= 15 is 0 Å². The van der Waals surface area contributed by atoms with Gasteiger partial charge in [0.2, 0.25) is 0 Å². The lowest BCUT2D eigenvalue weighted by molar-refractivity contribution is -0.0292. The Balaban J connectivity index is 2.88. The summed E-state index contributed by atoms with van der Waals surface area (Å²) in [5, 5.41) is 3.23. The molecule has 0 aliphatic rings. The minimum atomic E-state index is 0.303. The Bertz CT molecular complexity index is 423. The van der Waals surface area contributed by atoms with Crippen molar-refractivity contribution in [3.05, 3.63) is 23.3 Å². The minimum Gasteiger partial charge on any atom is -0.496 e. The van der Waals surface area contributed by atoms with Gasteiger partial charge in [0.15, 0.2) is 0 Å². The van der Waals surface area contributed by atoms with Crippen molar-refractivity contribution in [1.29, 1.82) is 0 Å². The van der Waals surface area contributed by atoms with E-state index in [4.69, 9.17) is 18.9 Å². The van der Waals surface area contributed by atoms with E-state index in [0.29, 0.717) is 19.4 Å². The second kappa shape index (κ2) is 9.60. The highest BCUT2D eigenvalue weighted by molar-refractivity contribution is 5.47. The molecule has 0 saturated heterocycles. The first-order valence-electron chi connectivity index (χ1n) is 7.14. The van der Waals surface area contributed by atoms with E-state index in [1.165, 1.54) is 0 Å². The predicted molar refractivity (Wildman–Crippen MR) is 83.3 cm³/mol. The number of benzene rings is 1. The van der Waals surface area contributed by atoms with Gasteiger partial charge in [-0.2, -0.15) is 0 Å². The van der Waals surface area contributed by atoms with Crippen LogP contribution in [0.15, 0.2) is 12.1 Å². The highest BCUT2D eigenvalue weighted by Crippen LogP contribution is 2.30. The van der Waals surface area contributed by atoms with Crippen molar-refractivity contribution in [3.8, 4) is 11.5 Å². The summed E-state index contributed by atoms with van der Waals surface area (Å²) >= 11 is 0. The van der Waals surface area contributed by atoms with Crippen LogP contribution in [0.25, 0.3) is 0 Å². The zero-order valence-corrected chi connectivity index (χ0v) is 13.7. The molecule has 0 amide bonds. The van der Waals surface area contributed by atoms with Crippen LogP contribution in [-0.2, 0) is 22.3 Å². The molecule has 0 aliphatic heterocycles. The molecular weight excluding hydrogens is 270 g/mol. The summed E-state index contributed by atoms with van der Waals surface area (Å²) < 4.78 is 21.2. The summed E-state index contributed by atoms with van der Waals surface area (Å²) in [6.45, 7) is 3.02. The first-order valence-corrected chi connectivity index (χ1v) is 7.14. The topological polar surface area (TPSA) is 49.0 Å². The molecule has 1 N–H and O–H groups in total. The lowest BCUT2D eigenvalue weighted by Crippen LogP contribution is -2.23. The van der Waals surface area contributed by atoms with Crippen molar-refractivity contribution >= 4 is 0 Å². The molecule has 0 heterocycles. The largest absolute Gasteiger partial charge is 0.496 e. The van der Waals surface area contributed by atoms with Gasteiger partial charge < -0.3 is 24.3 Å². The maximum Gasteiger partial charge on any atom is 0.146 e. The molecule has 1 aromatic rings.